The van der Waals surface area contributed by atoms with Crippen molar-refractivity contribution in [3.05, 3.63) is 217 Å². The fourth-order valence-corrected chi connectivity index (χ4v) is 9.47. The molecular weight excluding hydrogens is 681 g/mol. The Labute approximate surface area is 324 Å². The van der Waals surface area contributed by atoms with Gasteiger partial charge in [0.05, 0.1) is 11.4 Å². The van der Waals surface area contributed by atoms with Crippen LogP contribution in [0.15, 0.2) is 199 Å². The van der Waals surface area contributed by atoms with Gasteiger partial charge in [-0.25, -0.2) is 9.97 Å². The van der Waals surface area contributed by atoms with Gasteiger partial charge in [-0.15, -0.1) is 0 Å². The quantitative estimate of drug-likeness (QED) is 0.182. The molecule has 0 aliphatic heterocycles. The zero-order valence-corrected chi connectivity index (χ0v) is 30.3. The second kappa shape index (κ2) is 11.8. The maximum Gasteiger partial charge on any atom is 0.160 e. The third-order valence-corrected chi connectivity index (χ3v) is 11.9. The minimum absolute atomic E-state index is 0.597. The highest BCUT2D eigenvalue weighted by molar-refractivity contribution is 6.05. The summed E-state index contributed by atoms with van der Waals surface area (Å²) in [5.74, 6) is 1.70. The van der Waals surface area contributed by atoms with Gasteiger partial charge in [-0.2, -0.15) is 0 Å². The maximum absolute atomic E-state index is 7.00. The first-order chi connectivity index (χ1) is 27.8. The predicted octanol–water partition coefficient (Wildman–Crippen LogP) is 13.4. The van der Waals surface area contributed by atoms with E-state index in [1.54, 1.807) is 0 Å². The second-order valence-electron chi connectivity index (χ2n) is 14.8. The third-order valence-electron chi connectivity index (χ3n) is 11.9. The lowest BCUT2D eigenvalue weighted by molar-refractivity contribution is 0.507. The molecule has 0 bridgehead atoms. The molecule has 10 aromatic rings. The number of hydrogen-bond donors (Lipinski definition) is 0. The summed E-state index contributed by atoms with van der Waals surface area (Å²) in [7, 11) is 0. The third kappa shape index (κ3) is 4.34. The zero-order valence-electron chi connectivity index (χ0n) is 30.3. The van der Waals surface area contributed by atoms with Gasteiger partial charge < -0.3 is 4.42 Å². The summed E-state index contributed by atoms with van der Waals surface area (Å²) in [5.41, 5.74) is 16.1. The van der Waals surface area contributed by atoms with Gasteiger partial charge in [0.1, 0.15) is 16.8 Å². The van der Waals surface area contributed by atoms with Crippen molar-refractivity contribution < 1.29 is 4.42 Å². The number of hydrogen-bond acceptors (Lipinski definition) is 3. The van der Waals surface area contributed by atoms with Crippen LogP contribution in [0, 0.1) is 0 Å². The predicted molar refractivity (Wildman–Crippen MR) is 227 cm³/mol. The number of nitrogens with zero attached hydrogens (tertiary/aromatic N) is 2. The second-order valence-corrected chi connectivity index (χ2v) is 14.8. The van der Waals surface area contributed by atoms with E-state index < -0.39 is 5.41 Å². The molecule has 1 spiro atoms. The van der Waals surface area contributed by atoms with E-state index in [4.69, 9.17) is 14.4 Å². The Kier molecular flexibility index (Phi) is 6.55. The van der Waals surface area contributed by atoms with Gasteiger partial charge in [0.25, 0.3) is 0 Å². The van der Waals surface area contributed by atoms with E-state index in [-0.39, 0.29) is 0 Å². The van der Waals surface area contributed by atoms with E-state index in [0.717, 1.165) is 55.9 Å². The fraction of sp³-hybridized carbons (Fsp3) is 0.0189. The number of fused-ring (bicyclic) bond motifs is 13. The molecule has 2 aliphatic carbocycles. The van der Waals surface area contributed by atoms with Gasteiger partial charge in [-0.05, 0) is 79.5 Å². The summed E-state index contributed by atoms with van der Waals surface area (Å²) in [4.78, 5) is 10.4. The van der Waals surface area contributed by atoms with Gasteiger partial charge in [-0.3, -0.25) is 0 Å². The Morgan fingerprint density at radius 2 is 1.00 bits per heavy atom. The normalized spacial score (nSPS) is 14.9. The lowest BCUT2D eigenvalue weighted by atomic mass is 9.72. The molecule has 3 nitrogen and oxygen atoms in total. The molecule has 12 rings (SSSR count). The van der Waals surface area contributed by atoms with Crippen molar-refractivity contribution in [2.24, 2.45) is 0 Å². The topological polar surface area (TPSA) is 38.9 Å². The molecule has 2 aromatic heterocycles. The van der Waals surface area contributed by atoms with Crippen LogP contribution in [0.4, 0.5) is 0 Å². The smallest absolute Gasteiger partial charge is 0.160 e. The summed E-state index contributed by atoms with van der Waals surface area (Å²) in [6.45, 7) is 0. The summed E-state index contributed by atoms with van der Waals surface area (Å²) < 4.78 is 7.00. The van der Waals surface area contributed by atoms with Crippen LogP contribution in [-0.4, -0.2) is 9.97 Å². The number of furan rings is 1. The monoisotopic (exact) mass is 712 g/mol. The molecule has 1 unspecified atom stereocenters. The van der Waals surface area contributed by atoms with Gasteiger partial charge in [0.15, 0.2) is 5.82 Å². The molecule has 3 heteroatoms. The van der Waals surface area contributed by atoms with Crippen LogP contribution < -0.4 is 0 Å². The average molecular weight is 713 g/mol. The Morgan fingerprint density at radius 1 is 0.375 bits per heavy atom. The molecule has 0 amide bonds. The van der Waals surface area contributed by atoms with Crippen LogP contribution in [0.2, 0.25) is 0 Å². The summed E-state index contributed by atoms with van der Waals surface area (Å²) in [6, 6.07) is 69.3. The van der Waals surface area contributed by atoms with Crippen molar-refractivity contribution in [1.82, 2.24) is 9.97 Å². The van der Waals surface area contributed by atoms with E-state index in [0.29, 0.717) is 5.82 Å². The molecule has 2 heterocycles. The molecule has 1 atom stereocenters. The minimum Gasteiger partial charge on any atom is -0.459 e. The maximum atomic E-state index is 7.00. The molecule has 0 N–H and O–H groups in total. The van der Waals surface area contributed by atoms with Crippen LogP contribution in [0.25, 0.3) is 89.0 Å². The van der Waals surface area contributed by atoms with Crippen LogP contribution in [-0.2, 0) is 5.41 Å². The molecule has 260 valence electrons. The van der Waals surface area contributed by atoms with E-state index >= 15 is 0 Å². The van der Waals surface area contributed by atoms with Gasteiger partial charge in [0, 0.05) is 27.6 Å². The van der Waals surface area contributed by atoms with E-state index in [1.165, 1.54) is 49.7 Å². The van der Waals surface area contributed by atoms with Crippen molar-refractivity contribution in [2.75, 3.05) is 0 Å². The summed E-state index contributed by atoms with van der Waals surface area (Å²) >= 11 is 0. The molecule has 0 fully saturated rings. The van der Waals surface area contributed by atoms with Gasteiger partial charge >= 0.3 is 0 Å². The van der Waals surface area contributed by atoms with Crippen LogP contribution in [0.3, 0.4) is 0 Å². The van der Waals surface area contributed by atoms with E-state index in [1.807, 2.05) is 18.2 Å². The molecule has 0 saturated heterocycles. The van der Waals surface area contributed by atoms with Crippen molar-refractivity contribution >= 4 is 21.7 Å². The number of benzene rings is 8. The van der Waals surface area contributed by atoms with E-state index in [2.05, 4.69) is 176 Å². The first-order valence-corrected chi connectivity index (χ1v) is 19.2. The molecular formula is C53H32N2O. The van der Waals surface area contributed by atoms with Gasteiger partial charge in [-0.1, -0.05) is 170 Å². The van der Waals surface area contributed by atoms with Crippen molar-refractivity contribution in [2.45, 2.75) is 5.41 Å². The van der Waals surface area contributed by atoms with E-state index in [9.17, 15) is 0 Å². The molecule has 56 heavy (non-hydrogen) atoms. The highest BCUT2D eigenvalue weighted by Crippen LogP contribution is 2.64. The highest BCUT2D eigenvalue weighted by atomic mass is 16.3. The standard InChI is InChI=1S/C53H32N2O/c1-2-15-34(16-3-1)52-54-47(37-27-26-33-14-4-5-17-35(33)30-37)32-48(55-52)41-20-7-6-18-38(41)36-28-29-40-39-19-8-11-23-44(39)53(46(40)31-36)45-24-12-9-21-42(45)50-43-22-10-13-25-49(43)56-51(50)53/h1-32H. The van der Waals surface area contributed by atoms with Crippen LogP contribution in [0.5, 0.6) is 0 Å². The Balaban J connectivity index is 1.09. The summed E-state index contributed by atoms with van der Waals surface area (Å²) in [5, 5.41) is 3.54. The zero-order chi connectivity index (χ0) is 36.8. The van der Waals surface area contributed by atoms with Gasteiger partial charge in [0.2, 0.25) is 0 Å². The largest absolute Gasteiger partial charge is 0.459 e. The fourth-order valence-electron chi connectivity index (χ4n) is 9.47. The lowest BCUT2D eigenvalue weighted by Crippen LogP contribution is -2.25. The Bertz CT molecular complexity index is 3210. The van der Waals surface area contributed by atoms with Crippen molar-refractivity contribution in [3.8, 4) is 67.3 Å². The van der Waals surface area contributed by atoms with Crippen LogP contribution in [0.1, 0.15) is 22.5 Å². The first kappa shape index (κ1) is 31.0. The lowest BCUT2D eigenvalue weighted by Gasteiger charge is -2.28. The molecule has 8 aromatic carbocycles. The van der Waals surface area contributed by atoms with Crippen molar-refractivity contribution in [3.63, 3.8) is 0 Å². The number of aromatic nitrogens is 2. The number of para-hydroxylation sites is 1. The molecule has 0 saturated carbocycles. The van der Waals surface area contributed by atoms with Crippen molar-refractivity contribution in [1.29, 1.82) is 0 Å². The molecule has 0 radical (unpaired) electrons. The minimum atomic E-state index is -0.597. The van der Waals surface area contributed by atoms with Crippen LogP contribution >= 0.6 is 0 Å². The molecule has 2 aliphatic rings. The number of rotatable bonds is 4. The summed E-state index contributed by atoms with van der Waals surface area (Å²) in [6.07, 6.45) is 0. The highest BCUT2D eigenvalue weighted by Gasteiger charge is 2.55. The average Bonchev–Trinajstić information content (AvgIpc) is 3.90. The first-order valence-electron chi connectivity index (χ1n) is 19.2. The Morgan fingerprint density at radius 3 is 1.86 bits per heavy atom. The Hall–Kier alpha value is -7.36. The SMILES string of the molecule is c1ccc(-c2nc(-c3ccc4ccccc4c3)cc(-c3ccccc3-c3ccc4c(c3)C3(c5ccccc5-4)c4ccccc4-c4c3oc3ccccc43)n2)cc1.